The van der Waals surface area contributed by atoms with E-state index in [0.29, 0.717) is 11.8 Å². The van der Waals surface area contributed by atoms with Crippen LogP contribution in [-0.4, -0.2) is 30.2 Å². The maximum absolute atomic E-state index is 12.6. The van der Waals surface area contributed by atoms with Crippen molar-refractivity contribution >= 4 is 23.8 Å². The van der Waals surface area contributed by atoms with Gasteiger partial charge in [0.25, 0.3) is 5.60 Å². The van der Waals surface area contributed by atoms with Gasteiger partial charge in [0.15, 0.2) is 0 Å². The van der Waals surface area contributed by atoms with Crippen molar-refractivity contribution in [2.45, 2.75) is 12.5 Å². The number of esters is 1. The summed E-state index contributed by atoms with van der Waals surface area (Å²) >= 11 is 0. The Hall–Kier alpha value is -2.69. The van der Waals surface area contributed by atoms with E-state index in [1.807, 2.05) is 6.07 Å². The normalized spacial score (nSPS) is 30.0. The monoisotopic (exact) mass is 298 g/mol. The van der Waals surface area contributed by atoms with Gasteiger partial charge in [0, 0.05) is 11.6 Å². The Bertz CT molecular complexity index is 718. The third-order valence-electron chi connectivity index (χ3n) is 4.34. The molecule has 0 amide bonds. The molecule has 0 aliphatic carbocycles. The second kappa shape index (κ2) is 4.66. The van der Waals surface area contributed by atoms with Crippen molar-refractivity contribution in [3.8, 4) is 0 Å². The molecule has 0 N–H and O–H groups in total. The quantitative estimate of drug-likeness (QED) is 0.367. The smallest absolute Gasteiger partial charge is 0.359 e. The predicted molar refractivity (Wildman–Crippen MR) is 77.5 cm³/mol. The molecule has 0 radical (unpaired) electrons. The lowest BCUT2D eigenvalue weighted by atomic mass is 9.69. The van der Waals surface area contributed by atoms with Gasteiger partial charge in [-0.2, -0.15) is 0 Å². The summed E-state index contributed by atoms with van der Waals surface area (Å²) < 4.78 is 10.8. The number of benzene rings is 1. The summed E-state index contributed by atoms with van der Waals surface area (Å²) in [7, 11) is 0. The maximum Gasteiger partial charge on any atom is 0.359 e. The number of ketones is 1. The summed E-state index contributed by atoms with van der Waals surface area (Å²) in [5.74, 6) is -1.03. The van der Waals surface area contributed by atoms with Gasteiger partial charge in [0.05, 0.1) is 5.41 Å². The summed E-state index contributed by atoms with van der Waals surface area (Å²) in [4.78, 5) is 36.0. The minimum Gasteiger partial charge on any atom is -0.465 e. The molecular formula is C17H14O5. The molecule has 1 fully saturated rings. The van der Waals surface area contributed by atoms with Crippen LogP contribution in [0.2, 0.25) is 0 Å². The fraction of sp³-hybridized carbons (Fsp3) is 0.235. The highest BCUT2D eigenvalue weighted by Crippen LogP contribution is 2.51. The molecular weight excluding hydrogens is 284 g/mol. The first-order valence-electron chi connectivity index (χ1n) is 6.78. The second-order valence-electron chi connectivity index (χ2n) is 5.57. The molecule has 2 atom stereocenters. The van der Waals surface area contributed by atoms with Crippen LogP contribution in [-0.2, 0) is 23.9 Å². The van der Waals surface area contributed by atoms with Crippen molar-refractivity contribution in [2.24, 2.45) is 5.41 Å². The zero-order valence-electron chi connectivity index (χ0n) is 12.0. The van der Waals surface area contributed by atoms with Crippen LogP contribution in [0.3, 0.4) is 0 Å². The average molecular weight is 298 g/mol. The van der Waals surface area contributed by atoms with E-state index in [1.54, 1.807) is 31.2 Å². The first kappa shape index (κ1) is 14.3. The largest absolute Gasteiger partial charge is 0.465 e. The number of rotatable bonds is 3. The second-order valence-corrected chi connectivity index (χ2v) is 5.57. The van der Waals surface area contributed by atoms with Gasteiger partial charge in [-0.15, -0.1) is 0 Å². The molecule has 0 aromatic heterocycles. The molecule has 1 aromatic rings. The highest BCUT2D eigenvalue weighted by molar-refractivity contribution is 6.20. The third-order valence-corrected chi connectivity index (χ3v) is 4.34. The number of carbonyl (C=O) groups is 3. The SMILES string of the molecule is C=C(C=O)C1(C)COC(=O)C12OC(c1ccccc1)=CC2=O. The average Bonchev–Trinajstić information content (AvgIpc) is 3.02. The van der Waals surface area contributed by atoms with E-state index in [2.05, 4.69) is 6.58 Å². The molecule has 5 heteroatoms. The Labute approximate surface area is 127 Å². The lowest BCUT2D eigenvalue weighted by Gasteiger charge is -2.34. The molecule has 2 heterocycles. The standard InChI is InChI=1S/C17H14O5/c1-11(9-18)16(2)10-21-15(20)17(16)14(19)8-13(22-17)12-6-4-3-5-7-12/h3-9H,1,10H2,2H3. The van der Waals surface area contributed by atoms with E-state index >= 15 is 0 Å². The van der Waals surface area contributed by atoms with Crippen molar-refractivity contribution in [1.82, 2.24) is 0 Å². The zero-order valence-corrected chi connectivity index (χ0v) is 12.0. The van der Waals surface area contributed by atoms with Crippen LogP contribution < -0.4 is 0 Å². The number of carbonyl (C=O) groups excluding carboxylic acids is 3. The van der Waals surface area contributed by atoms with Crippen LogP contribution in [0.5, 0.6) is 0 Å². The van der Waals surface area contributed by atoms with Gasteiger partial charge < -0.3 is 9.47 Å². The summed E-state index contributed by atoms with van der Waals surface area (Å²) in [5, 5.41) is 0. The van der Waals surface area contributed by atoms with Gasteiger partial charge in [-0.1, -0.05) is 36.9 Å². The van der Waals surface area contributed by atoms with Crippen molar-refractivity contribution in [3.05, 3.63) is 54.1 Å². The molecule has 0 saturated carbocycles. The van der Waals surface area contributed by atoms with Crippen LogP contribution in [0, 0.1) is 5.41 Å². The Morgan fingerprint density at radius 3 is 2.59 bits per heavy atom. The lowest BCUT2D eigenvalue weighted by Crippen LogP contribution is -2.54. The van der Waals surface area contributed by atoms with E-state index in [9.17, 15) is 14.4 Å². The molecule has 2 unspecified atom stereocenters. The number of ether oxygens (including phenoxy) is 2. The Morgan fingerprint density at radius 2 is 1.95 bits per heavy atom. The van der Waals surface area contributed by atoms with Gasteiger partial charge >= 0.3 is 5.97 Å². The van der Waals surface area contributed by atoms with Gasteiger partial charge in [-0.25, -0.2) is 4.79 Å². The van der Waals surface area contributed by atoms with Gasteiger partial charge in [0.2, 0.25) is 5.78 Å². The van der Waals surface area contributed by atoms with Crippen LogP contribution >= 0.6 is 0 Å². The summed E-state index contributed by atoms with van der Waals surface area (Å²) in [6.45, 7) is 5.11. The highest BCUT2D eigenvalue weighted by Gasteiger charge is 2.70. The van der Waals surface area contributed by atoms with Crippen LogP contribution in [0.15, 0.2) is 48.6 Å². The van der Waals surface area contributed by atoms with E-state index in [0.717, 1.165) is 0 Å². The van der Waals surface area contributed by atoms with Crippen LogP contribution in [0.1, 0.15) is 12.5 Å². The molecule has 112 valence electrons. The fourth-order valence-electron chi connectivity index (χ4n) is 2.82. The van der Waals surface area contributed by atoms with E-state index in [4.69, 9.17) is 9.47 Å². The summed E-state index contributed by atoms with van der Waals surface area (Å²) in [6.07, 6.45) is 1.80. The fourth-order valence-corrected chi connectivity index (χ4v) is 2.82. The predicted octanol–water partition coefficient (Wildman–Crippen LogP) is 1.68. The number of hydrogen-bond donors (Lipinski definition) is 0. The minimum atomic E-state index is -1.86. The van der Waals surface area contributed by atoms with Crippen molar-refractivity contribution in [2.75, 3.05) is 6.61 Å². The third kappa shape index (κ3) is 1.62. The molecule has 22 heavy (non-hydrogen) atoms. The Morgan fingerprint density at radius 1 is 1.27 bits per heavy atom. The molecule has 0 bridgehead atoms. The van der Waals surface area contributed by atoms with Crippen molar-refractivity contribution in [1.29, 1.82) is 0 Å². The number of cyclic esters (lactones) is 1. The van der Waals surface area contributed by atoms with E-state index in [-0.39, 0.29) is 17.9 Å². The molecule has 1 saturated heterocycles. The first-order chi connectivity index (χ1) is 10.5. The summed E-state index contributed by atoms with van der Waals surface area (Å²) in [5.41, 5.74) is -2.33. The Balaban J connectivity index is 2.08. The molecule has 1 spiro atoms. The van der Waals surface area contributed by atoms with Crippen molar-refractivity contribution in [3.63, 3.8) is 0 Å². The van der Waals surface area contributed by atoms with Gasteiger partial charge in [-0.3, -0.25) is 9.59 Å². The molecule has 2 aliphatic heterocycles. The number of hydrogen-bond acceptors (Lipinski definition) is 5. The minimum absolute atomic E-state index is 0.0920. The lowest BCUT2D eigenvalue weighted by molar-refractivity contribution is -0.158. The zero-order chi connectivity index (χ0) is 16.0. The highest BCUT2D eigenvalue weighted by atomic mass is 16.6. The number of aldehydes is 1. The molecule has 3 rings (SSSR count). The maximum atomic E-state index is 12.6. The molecule has 1 aromatic carbocycles. The van der Waals surface area contributed by atoms with Crippen LogP contribution in [0.25, 0.3) is 5.76 Å². The van der Waals surface area contributed by atoms with Gasteiger partial charge in [-0.05, 0) is 12.5 Å². The van der Waals surface area contributed by atoms with Crippen LogP contribution in [0.4, 0.5) is 0 Å². The first-order valence-corrected chi connectivity index (χ1v) is 6.78. The summed E-state index contributed by atoms with van der Waals surface area (Å²) in [6, 6.07) is 8.96. The van der Waals surface area contributed by atoms with E-state index < -0.39 is 22.8 Å². The van der Waals surface area contributed by atoms with Gasteiger partial charge in [0.1, 0.15) is 18.7 Å². The molecule has 2 aliphatic rings. The topological polar surface area (TPSA) is 69.7 Å². The van der Waals surface area contributed by atoms with E-state index in [1.165, 1.54) is 6.08 Å². The Kier molecular flexibility index (Phi) is 3.02. The molecule has 5 nitrogen and oxygen atoms in total. The van der Waals surface area contributed by atoms with Crippen molar-refractivity contribution < 1.29 is 23.9 Å².